The van der Waals surface area contributed by atoms with Gasteiger partial charge in [-0.05, 0) is 62.4 Å². The molecule has 0 amide bonds. The topological polar surface area (TPSA) is 50.8 Å². The first-order valence-electron chi connectivity index (χ1n) is 11.9. The van der Waals surface area contributed by atoms with Crippen LogP contribution in [0.5, 0.6) is 11.5 Å². The number of benzene rings is 4. The van der Waals surface area contributed by atoms with E-state index in [9.17, 15) is 4.79 Å². The monoisotopic (exact) mass is 462 g/mol. The number of rotatable bonds is 4. The Morgan fingerprint density at radius 2 is 1.60 bits per heavy atom. The summed E-state index contributed by atoms with van der Waals surface area (Å²) in [6, 6.07) is 28.2. The van der Waals surface area contributed by atoms with Crippen LogP contribution >= 0.6 is 0 Å². The number of ether oxygens (including phenoxy) is 2. The van der Waals surface area contributed by atoms with E-state index in [2.05, 4.69) is 54.4 Å². The summed E-state index contributed by atoms with van der Waals surface area (Å²) in [6.07, 6.45) is 0. The van der Waals surface area contributed by atoms with Gasteiger partial charge in [-0.1, -0.05) is 35.9 Å². The molecular formula is C30H26N2O3. The average molecular weight is 463 g/mol. The number of nitrogens with zero attached hydrogens (tertiary/aromatic N) is 1. The Hall–Kier alpha value is -4.25. The fourth-order valence-electron chi connectivity index (χ4n) is 5.22. The van der Waals surface area contributed by atoms with Crippen LogP contribution in [0.15, 0.2) is 84.9 Å². The lowest BCUT2D eigenvalue weighted by molar-refractivity contribution is 0.0224. The molecule has 5 heteroatoms. The molecule has 174 valence electrons. The van der Waals surface area contributed by atoms with E-state index >= 15 is 0 Å². The average Bonchev–Trinajstić information content (AvgIpc) is 3.18. The van der Waals surface area contributed by atoms with Crippen molar-refractivity contribution in [3.05, 3.63) is 113 Å². The maximum Gasteiger partial charge on any atom is 0.340 e. The summed E-state index contributed by atoms with van der Waals surface area (Å²) >= 11 is 0. The van der Waals surface area contributed by atoms with Gasteiger partial charge in [-0.2, -0.15) is 0 Å². The Kier molecular flexibility index (Phi) is 4.81. The molecule has 2 aliphatic rings. The lowest BCUT2D eigenvalue weighted by Gasteiger charge is -2.37. The Labute approximate surface area is 204 Å². The highest BCUT2D eigenvalue weighted by Gasteiger charge is 2.53. The zero-order valence-electron chi connectivity index (χ0n) is 20.0. The Balaban J connectivity index is 1.56. The summed E-state index contributed by atoms with van der Waals surface area (Å²) in [4.78, 5) is 15.3. The molecule has 1 spiro atoms. The van der Waals surface area contributed by atoms with E-state index in [0.29, 0.717) is 17.1 Å². The Morgan fingerprint density at radius 1 is 0.829 bits per heavy atom. The maximum absolute atomic E-state index is 13.1. The molecular weight excluding hydrogens is 436 g/mol. The Morgan fingerprint density at radius 3 is 2.37 bits per heavy atom. The number of hydrogen-bond acceptors (Lipinski definition) is 5. The minimum absolute atomic E-state index is 0.326. The van der Waals surface area contributed by atoms with Crippen molar-refractivity contribution in [2.24, 2.45) is 0 Å². The van der Waals surface area contributed by atoms with Crippen LogP contribution in [0.1, 0.15) is 39.5 Å². The van der Waals surface area contributed by atoms with E-state index in [1.54, 1.807) is 0 Å². The van der Waals surface area contributed by atoms with E-state index < -0.39 is 5.60 Å². The van der Waals surface area contributed by atoms with Gasteiger partial charge in [-0.15, -0.1) is 0 Å². The molecule has 35 heavy (non-hydrogen) atoms. The third kappa shape index (κ3) is 3.12. The third-order valence-electron chi connectivity index (χ3n) is 6.96. The lowest BCUT2D eigenvalue weighted by atomic mass is 9.77. The van der Waals surface area contributed by atoms with Crippen molar-refractivity contribution in [3.8, 4) is 11.5 Å². The van der Waals surface area contributed by atoms with Gasteiger partial charge in [0, 0.05) is 53.4 Å². The van der Waals surface area contributed by atoms with Crippen molar-refractivity contribution < 1.29 is 14.3 Å². The highest BCUT2D eigenvalue weighted by atomic mass is 16.6. The minimum Gasteiger partial charge on any atom is -0.456 e. The largest absolute Gasteiger partial charge is 0.456 e. The fourth-order valence-corrected chi connectivity index (χ4v) is 5.22. The summed E-state index contributed by atoms with van der Waals surface area (Å²) in [6.45, 7) is 5.02. The second-order valence-electron chi connectivity index (χ2n) is 8.94. The van der Waals surface area contributed by atoms with Gasteiger partial charge < -0.3 is 19.7 Å². The summed E-state index contributed by atoms with van der Waals surface area (Å²) in [5, 5.41) is 3.19. The molecule has 2 heterocycles. The van der Waals surface area contributed by atoms with Gasteiger partial charge in [0.25, 0.3) is 0 Å². The molecule has 0 aromatic heterocycles. The van der Waals surface area contributed by atoms with Crippen molar-refractivity contribution in [1.82, 2.24) is 0 Å². The molecule has 5 nitrogen and oxygen atoms in total. The zero-order chi connectivity index (χ0) is 24.2. The van der Waals surface area contributed by atoms with Gasteiger partial charge >= 0.3 is 5.97 Å². The molecule has 4 aromatic carbocycles. The lowest BCUT2D eigenvalue weighted by Crippen LogP contribution is -2.33. The van der Waals surface area contributed by atoms with E-state index in [1.807, 2.05) is 61.6 Å². The number of carbonyl (C=O) groups is 1. The van der Waals surface area contributed by atoms with Crippen LogP contribution in [0, 0.1) is 6.92 Å². The van der Waals surface area contributed by atoms with E-state index in [4.69, 9.17) is 9.47 Å². The van der Waals surface area contributed by atoms with Crippen LogP contribution in [-0.2, 0) is 10.3 Å². The number of esters is 1. The van der Waals surface area contributed by atoms with E-state index in [0.717, 1.165) is 40.3 Å². The van der Waals surface area contributed by atoms with Gasteiger partial charge in [-0.3, -0.25) is 0 Å². The fraction of sp³-hybridized carbons (Fsp3) is 0.167. The van der Waals surface area contributed by atoms with Crippen LogP contribution in [0.3, 0.4) is 0 Å². The zero-order valence-corrected chi connectivity index (χ0v) is 20.0. The molecule has 0 saturated carbocycles. The number of aryl methyl sites for hydroxylation is 1. The van der Waals surface area contributed by atoms with Gasteiger partial charge in [0.2, 0.25) is 0 Å². The second kappa shape index (κ2) is 7.91. The molecule has 0 radical (unpaired) electrons. The molecule has 1 N–H and O–H groups in total. The number of hydrogen-bond donors (Lipinski definition) is 1. The van der Waals surface area contributed by atoms with E-state index in [-0.39, 0.29) is 5.97 Å². The van der Waals surface area contributed by atoms with Crippen LogP contribution in [0.2, 0.25) is 0 Å². The van der Waals surface area contributed by atoms with Crippen LogP contribution in [0.4, 0.5) is 17.1 Å². The van der Waals surface area contributed by atoms with Gasteiger partial charge in [0.05, 0.1) is 5.56 Å². The summed E-state index contributed by atoms with van der Waals surface area (Å²) in [5.74, 6) is 1.03. The van der Waals surface area contributed by atoms with E-state index in [1.165, 1.54) is 5.56 Å². The SMILES string of the molecule is CCN(c1ccc(C)cc1)c1ccc2c(c1)Oc1ccc(NC)cc1C21OC(=O)c2ccccc21. The maximum atomic E-state index is 13.1. The van der Waals surface area contributed by atoms with Crippen LogP contribution < -0.4 is 15.0 Å². The predicted octanol–water partition coefficient (Wildman–Crippen LogP) is 6.76. The minimum atomic E-state index is -1.07. The predicted molar refractivity (Wildman–Crippen MR) is 138 cm³/mol. The molecule has 0 fully saturated rings. The third-order valence-corrected chi connectivity index (χ3v) is 6.96. The van der Waals surface area contributed by atoms with Crippen molar-refractivity contribution in [3.63, 3.8) is 0 Å². The van der Waals surface area contributed by atoms with Gasteiger partial charge in [0.1, 0.15) is 11.5 Å². The normalized spacial score (nSPS) is 17.2. The van der Waals surface area contributed by atoms with Gasteiger partial charge in [0.15, 0.2) is 5.60 Å². The number of fused-ring (bicyclic) bond motifs is 6. The highest BCUT2D eigenvalue weighted by molar-refractivity contribution is 5.97. The van der Waals surface area contributed by atoms with Crippen molar-refractivity contribution >= 4 is 23.0 Å². The summed E-state index contributed by atoms with van der Waals surface area (Å²) < 4.78 is 12.7. The molecule has 4 aromatic rings. The standard InChI is InChI=1S/C30H26N2O3/c1-4-32(21-12-9-19(2)10-13-21)22-14-15-25-28(18-22)34-27-16-11-20(31-3)17-26(27)30(25)24-8-6-5-7-23(24)29(33)35-30/h5-18,31H,4H2,1-3H3. The summed E-state index contributed by atoms with van der Waals surface area (Å²) in [5.41, 5.74) is 6.25. The van der Waals surface area contributed by atoms with Crippen LogP contribution in [0.25, 0.3) is 0 Å². The molecule has 0 aliphatic carbocycles. The molecule has 1 unspecified atom stereocenters. The molecule has 1 atom stereocenters. The second-order valence-corrected chi connectivity index (χ2v) is 8.94. The highest BCUT2D eigenvalue weighted by Crippen LogP contribution is 2.57. The molecule has 6 rings (SSSR count). The number of nitrogens with one attached hydrogen (secondary N) is 1. The Bertz CT molecular complexity index is 1460. The van der Waals surface area contributed by atoms with Crippen molar-refractivity contribution in [1.29, 1.82) is 0 Å². The first kappa shape index (κ1) is 21.3. The van der Waals surface area contributed by atoms with Crippen molar-refractivity contribution in [2.45, 2.75) is 19.4 Å². The summed E-state index contributed by atoms with van der Waals surface area (Å²) in [7, 11) is 1.87. The first-order valence-corrected chi connectivity index (χ1v) is 11.9. The van der Waals surface area contributed by atoms with Crippen LogP contribution in [-0.4, -0.2) is 19.6 Å². The smallest absolute Gasteiger partial charge is 0.340 e. The molecule has 0 saturated heterocycles. The quantitative estimate of drug-likeness (QED) is 0.340. The molecule has 2 aliphatic heterocycles. The first-order chi connectivity index (χ1) is 17.0. The number of anilines is 3. The van der Waals surface area contributed by atoms with Crippen molar-refractivity contribution in [2.75, 3.05) is 23.8 Å². The van der Waals surface area contributed by atoms with Gasteiger partial charge in [-0.25, -0.2) is 4.79 Å². The molecule has 0 bridgehead atoms. The number of carbonyl (C=O) groups excluding carboxylic acids is 1.